The van der Waals surface area contributed by atoms with Gasteiger partial charge in [0.15, 0.2) is 0 Å². The predicted octanol–water partition coefficient (Wildman–Crippen LogP) is 2.20. The van der Waals surface area contributed by atoms with Crippen LogP contribution in [-0.2, 0) is 14.3 Å². The van der Waals surface area contributed by atoms with Crippen LogP contribution in [0.2, 0.25) is 0 Å². The van der Waals surface area contributed by atoms with E-state index in [1.54, 1.807) is 16.5 Å². The van der Waals surface area contributed by atoms with Gasteiger partial charge >= 0.3 is 0 Å². The van der Waals surface area contributed by atoms with Crippen molar-refractivity contribution in [3.05, 3.63) is 35.2 Å². The molecule has 28 heavy (non-hydrogen) atoms. The number of aryl methyl sites for hydroxylation is 1. The van der Waals surface area contributed by atoms with E-state index in [0.29, 0.717) is 24.7 Å². The van der Waals surface area contributed by atoms with Gasteiger partial charge in [-0.2, -0.15) is 4.98 Å². The summed E-state index contributed by atoms with van der Waals surface area (Å²) < 4.78 is 6.74. The standard InChI is InChI=1S/C19H21N5O3S/c1-12-3-5-13(6-4-12)15-11-28-19-21-18(22-24(15)19)20-17(26)14-9-16(25)23(10-14)7-8-27-2/h3-6,11,14H,7-10H2,1-2H3,(H,20,22,26). The third kappa shape index (κ3) is 3.63. The van der Waals surface area contributed by atoms with Gasteiger partial charge in [0, 0.05) is 37.6 Å². The number of rotatable bonds is 6. The molecule has 0 spiro atoms. The lowest BCUT2D eigenvalue weighted by Crippen LogP contribution is -2.31. The number of likely N-dealkylation sites (tertiary alicyclic amines) is 1. The number of nitrogens with zero attached hydrogens (tertiary/aromatic N) is 4. The maximum atomic E-state index is 12.6. The monoisotopic (exact) mass is 399 g/mol. The van der Waals surface area contributed by atoms with Crippen molar-refractivity contribution in [1.82, 2.24) is 19.5 Å². The molecule has 2 amide bonds. The van der Waals surface area contributed by atoms with E-state index in [1.165, 1.54) is 16.9 Å². The largest absolute Gasteiger partial charge is 0.383 e. The highest BCUT2D eigenvalue weighted by molar-refractivity contribution is 7.15. The number of ether oxygens (including phenoxy) is 1. The minimum absolute atomic E-state index is 0.0300. The smallest absolute Gasteiger partial charge is 0.250 e. The average Bonchev–Trinajstić information content (AvgIpc) is 3.35. The SMILES string of the molecule is COCCN1CC(C(=O)Nc2nc3scc(-c4ccc(C)cc4)n3n2)CC1=O. The number of anilines is 1. The van der Waals surface area contributed by atoms with E-state index in [-0.39, 0.29) is 24.2 Å². The Hall–Kier alpha value is -2.78. The molecule has 0 radical (unpaired) electrons. The van der Waals surface area contributed by atoms with Crippen LogP contribution in [0.4, 0.5) is 5.95 Å². The second kappa shape index (κ2) is 7.69. The first kappa shape index (κ1) is 18.6. The Morgan fingerprint density at radius 1 is 1.36 bits per heavy atom. The van der Waals surface area contributed by atoms with Crippen molar-refractivity contribution >= 4 is 34.1 Å². The van der Waals surface area contributed by atoms with E-state index in [1.807, 2.05) is 36.6 Å². The summed E-state index contributed by atoms with van der Waals surface area (Å²) in [6.45, 7) is 3.39. The molecule has 4 rings (SSSR count). The highest BCUT2D eigenvalue weighted by Gasteiger charge is 2.34. The summed E-state index contributed by atoms with van der Waals surface area (Å²) in [5.74, 6) is -0.406. The number of fused-ring (bicyclic) bond motifs is 1. The first-order chi connectivity index (χ1) is 13.5. The Labute approximate surface area is 166 Å². The van der Waals surface area contributed by atoms with Crippen LogP contribution in [0.25, 0.3) is 16.2 Å². The zero-order valence-electron chi connectivity index (χ0n) is 15.7. The van der Waals surface area contributed by atoms with Crippen LogP contribution in [-0.4, -0.2) is 58.1 Å². The number of carbonyl (C=O) groups excluding carboxylic acids is 2. The van der Waals surface area contributed by atoms with Crippen molar-refractivity contribution in [2.24, 2.45) is 5.92 Å². The first-order valence-corrected chi connectivity index (χ1v) is 9.92. The molecule has 0 bridgehead atoms. The molecular weight excluding hydrogens is 378 g/mol. The maximum Gasteiger partial charge on any atom is 0.250 e. The molecule has 8 nitrogen and oxygen atoms in total. The van der Waals surface area contributed by atoms with Crippen LogP contribution in [0.1, 0.15) is 12.0 Å². The Balaban J connectivity index is 1.47. The van der Waals surface area contributed by atoms with Crippen LogP contribution < -0.4 is 5.32 Å². The molecule has 1 aliphatic rings. The highest BCUT2D eigenvalue weighted by Crippen LogP contribution is 2.26. The molecule has 3 aromatic rings. The van der Waals surface area contributed by atoms with Gasteiger partial charge in [0.05, 0.1) is 18.2 Å². The topological polar surface area (TPSA) is 88.8 Å². The molecule has 1 aromatic carbocycles. The van der Waals surface area contributed by atoms with Gasteiger partial charge in [-0.05, 0) is 6.92 Å². The summed E-state index contributed by atoms with van der Waals surface area (Å²) in [6.07, 6.45) is 0.201. The number of aromatic nitrogens is 3. The molecule has 1 saturated heterocycles. The molecule has 146 valence electrons. The summed E-state index contributed by atoms with van der Waals surface area (Å²) in [6, 6.07) is 8.17. The van der Waals surface area contributed by atoms with Crippen molar-refractivity contribution in [3.8, 4) is 11.3 Å². The first-order valence-electron chi connectivity index (χ1n) is 9.04. The average molecular weight is 399 g/mol. The van der Waals surface area contributed by atoms with Gasteiger partial charge in [0.25, 0.3) is 0 Å². The van der Waals surface area contributed by atoms with Crippen molar-refractivity contribution in [2.45, 2.75) is 13.3 Å². The van der Waals surface area contributed by atoms with E-state index < -0.39 is 5.92 Å². The number of benzene rings is 1. The Kier molecular flexibility index (Phi) is 5.10. The molecule has 1 fully saturated rings. The van der Waals surface area contributed by atoms with Crippen molar-refractivity contribution < 1.29 is 14.3 Å². The second-order valence-electron chi connectivity index (χ2n) is 6.84. The summed E-state index contributed by atoms with van der Waals surface area (Å²) in [4.78, 5) is 31.3. The molecule has 0 aliphatic carbocycles. The van der Waals surface area contributed by atoms with Gasteiger partial charge in [0.2, 0.25) is 22.7 Å². The number of carbonyl (C=O) groups is 2. The molecule has 2 aromatic heterocycles. The maximum absolute atomic E-state index is 12.6. The van der Waals surface area contributed by atoms with Gasteiger partial charge in [-0.25, -0.2) is 4.52 Å². The lowest BCUT2D eigenvalue weighted by atomic mass is 10.1. The third-order valence-electron chi connectivity index (χ3n) is 4.81. The third-order valence-corrected chi connectivity index (χ3v) is 5.63. The van der Waals surface area contributed by atoms with Crippen LogP contribution in [0.5, 0.6) is 0 Å². The van der Waals surface area contributed by atoms with Crippen molar-refractivity contribution in [1.29, 1.82) is 0 Å². The fraction of sp³-hybridized carbons (Fsp3) is 0.368. The summed E-state index contributed by atoms with van der Waals surface area (Å²) in [7, 11) is 1.59. The molecule has 1 aliphatic heterocycles. The van der Waals surface area contributed by atoms with Crippen molar-refractivity contribution in [2.75, 3.05) is 32.1 Å². The zero-order valence-corrected chi connectivity index (χ0v) is 16.5. The molecule has 0 saturated carbocycles. The summed E-state index contributed by atoms with van der Waals surface area (Å²) >= 11 is 1.46. The Morgan fingerprint density at radius 3 is 2.89 bits per heavy atom. The van der Waals surface area contributed by atoms with E-state index in [2.05, 4.69) is 15.4 Å². The van der Waals surface area contributed by atoms with Gasteiger partial charge in [0.1, 0.15) is 0 Å². The van der Waals surface area contributed by atoms with Crippen LogP contribution >= 0.6 is 11.3 Å². The Bertz CT molecular complexity index is 1010. The molecular formula is C19H21N5O3S. The number of nitrogens with one attached hydrogen (secondary N) is 1. The van der Waals surface area contributed by atoms with Crippen LogP contribution in [0.15, 0.2) is 29.6 Å². The van der Waals surface area contributed by atoms with Gasteiger partial charge < -0.3 is 9.64 Å². The highest BCUT2D eigenvalue weighted by atomic mass is 32.1. The predicted molar refractivity (Wildman–Crippen MR) is 106 cm³/mol. The molecule has 3 heterocycles. The van der Waals surface area contributed by atoms with Crippen molar-refractivity contribution in [3.63, 3.8) is 0 Å². The van der Waals surface area contributed by atoms with Crippen LogP contribution in [0.3, 0.4) is 0 Å². The quantitative estimate of drug-likeness (QED) is 0.686. The summed E-state index contributed by atoms with van der Waals surface area (Å²) in [5.41, 5.74) is 3.15. The van der Waals surface area contributed by atoms with E-state index in [0.717, 1.165) is 11.3 Å². The minimum atomic E-state index is -0.400. The van der Waals surface area contributed by atoms with E-state index >= 15 is 0 Å². The lowest BCUT2D eigenvalue weighted by Gasteiger charge is -2.15. The van der Waals surface area contributed by atoms with Gasteiger partial charge in [-0.1, -0.05) is 29.8 Å². The minimum Gasteiger partial charge on any atom is -0.383 e. The fourth-order valence-electron chi connectivity index (χ4n) is 3.23. The Morgan fingerprint density at radius 2 is 2.14 bits per heavy atom. The van der Waals surface area contributed by atoms with E-state index in [4.69, 9.17) is 4.74 Å². The second-order valence-corrected chi connectivity index (χ2v) is 7.68. The zero-order chi connectivity index (χ0) is 19.7. The lowest BCUT2D eigenvalue weighted by molar-refractivity contribution is -0.128. The molecule has 9 heteroatoms. The fourth-order valence-corrected chi connectivity index (χ4v) is 4.07. The van der Waals surface area contributed by atoms with Gasteiger partial charge in [-0.3, -0.25) is 14.9 Å². The number of hydrogen-bond acceptors (Lipinski definition) is 6. The molecule has 1 atom stereocenters. The molecule has 1 unspecified atom stereocenters. The summed E-state index contributed by atoms with van der Waals surface area (Å²) in [5, 5.41) is 9.19. The van der Waals surface area contributed by atoms with Crippen LogP contribution in [0, 0.1) is 12.8 Å². The normalized spacial score (nSPS) is 16.9. The number of thiazole rings is 1. The van der Waals surface area contributed by atoms with Gasteiger partial charge in [-0.15, -0.1) is 16.4 Å². The molecule has 1 N–H and O–H groups in total. The van der Waals surface area contributed by atoms with E-state index in [9.17, 15) is 9.59 Å². The number of hydrogen-bond donors (Lipinski definition) is 1. The number of methoxy groups -OCH3 is 1. The number of amides is 2.